The molecule has 1 saturated heterocycles. The number of amides is 1. The molecular weight excluding hydrogens is 442 g/mol. The van der Waals surface area contributed by atoms with E-state index in [9.17, 15) is 13.2 Å². The van der Waals surface area contributed by atoms with E-state index in [0.717, 1.165) is 18.7 Å². The van der Waals surface area contributed by atoms with Crippen molar-refractivity contribution in [1.29, 1.82) is 0 Å². The van der Waals surface area contributed by atoms with E-state index in [1.54, 1.807) is 17.0 Å². The van der Waals surface area contributed by atoms with Crippen molar-refractivity contribution in [1.82, 2.24) is 14.5 Å². The minimum atomic E-state index is -3.96. The Bertz CT molecular complexity index is 1020. The normalized spacial score (nSPS) is 15.3. The molecule has 0 saturated carbocycles. The Morgan fingerprint density at radius 2 is 1.79 bits per heavy atom. The summed E-state index contributed by atoms with van der Waals surface area (Å²) < 4.78 is 39.6. The molecule has 8 nitrogen and oxygen atoms in total. The average Bonchev–Trinajstić information content (AvgIpc) is 2.86. The number of hydrogen-bond donors (Lipinski definition) is 1. The van der Waals surface area contributed by atoms with Crippen molar-refractivity contribution < 1.29 is 22.7 Å². The lowest BCUT2D eigenvalue weighted by Crippen LogP contribution is -2.47. The van der Waals surface area contributed by atoms with Crippen LogP contribution in [0.5, 0.6) is 11.5 Å². The lowest BCUT2D eigenvalue weighted by Gasteiger charge is -2.30. The van der Waals surface area contributed by atoms with Crippen LogP contribution in [0.1, 0.15) is 24.8 Å². The number of nitrogens with zero attached hydrogens (tertiary/aromatic N) is 2. The molecule has 1 aliphatic rings. The van der Waals surface area contributed by atoms with E-state index in [1.807, 2.05) is 37.3 Å². The minimum Gasteiger partial charge on any atom is -0.497 e. The molecule has 0 spiro atoms. The number of nitrogens with one attached hydrogen (secondary N) is 1. The van der Waals surface area contributed by atoms with Gasteiger partial charge in [-0.15, -0.1) is 0 Å². The first kappa shape index (κ1) is 25.0. The highest BCUT2D eigenvalue weighted by molar-refractivity contribution is 7.89. The smallest absolute Gasteiger partial charge is 0.246 e. The highest BCUT2D eigenvalue weighted by Gasteiger charge is 2.31. The van der Waals surface area contributed by atoms with E-state index in [4.69, 9.17) is 9.47 Å². The summed E-state index contributed by atoms with van der Waals surface area (Å²) in [7, 11) is -1.04. The van der Waals surface area contributed by atoms with Gasteiger partial charge >= 0.3 is 0 Å². The molecule has 33 heavy (non-hydrogen) atoms. The van der Waals surface area contributed by atoms with Gasteiger partial charge in [-0.25, -0.2) is 8.42 Å². The van der Waals surface area contributed by atoms with Crippen molar-refractivity contribution in [3.05, 3.63) is 54.1 Å². The predicted molar refractivity (Wildman–Crippen MR) is 127 cm³/mol. The summed E-state index contributed by atoms with van der Waals surface area (Å²) in [6.07, 6.45) is 0.118. The molecule has 1 atom stereocenters. The van der Waals surface area contributed by atoms with Gasteiger partial charge in [0.25, 0.3) is 0 Å². The first-order valence-electron chi connectivity index (χ1n) is 11.1. The van der Waals surface area contributed by atoms with Crippen LogP contribution >= 0.6 is 0 Å². The van der Waals surface area contributed by atoms with E-state index >= 15 is 0 Å². The molecule has 0 aliphatic carbocycles. The van der Waals surface area contributed by atoms with Crippen LogP contribution in [0.2, 0.25) is 0 Å². The molecular formula is C24H33N3O5S. The second-order valence-electron chi connectivity index (χ2n) is 8.07. The molecule has 0 radical (unpaired) electrons. The molecule has 2 aromatic rings. The topological polar surface area (TPSA) is 88.2 Å². The van der Waals surface area contributed by atoms with E-state index < -0.39 is 10.0 Å². The molecule has 2 aromatic carbocycles. The number of ether oxygens (including phenoxy) is 2. The van der Waals surface area contributed by atoms with Crippen molar-refractivity contribution in [2.45, 2.75) is 24.2 Å². The maximum absolute atomic E-state index is 13.8. The van der Waals surface area contributed by atoms with Gasteiger partial charge in [0.2, 0.25) is 15.9 Å². The fourth-order valence-electron chi connectivity index (χ4n) is 3.92. The number of carbonyl (C=O) groups excluding carboxylic acids is 1. The zero-order valence-corrected chi connectivity index (χ0v) is 20.3. The van der Waals surface area contributed by atoms with Crippen molar-refractivity contribution in [3.63, 3.8) is 0 Å². The van der Waals surface area contributed by atoms with Gasteiger partial charge in [-0.2, -0.15) is 4.31 Å². The van der Waals surface area contributed by atoms with Crippen LogP contribution in [0.4, 0.5) is 0 Å². The molecule has 3 rings (SSSR count). The van der Waals surface area contributed by atoms with Gasteiger partial charge in [0.15, 0.2) is 0 Å². The number of benzene rings is 2. The lowest BCUT2D eigenvalue weighted by atomic mass is 10.0. The Kier molecular flexibility index (Phi) is 8.71. The zero-order chi connectivity index (χ0) is 23.8. The SMILES string of the molecule is COc1ccc(OC)c(S(=O)(=O)N(CCC(=O)N2CCNCC2)CC(C)c2ccccc2)c1. The van der Waals surface area contributed by atoms with Gasteiger partial charge in [0, 0.05) is 51.8 Å². The van der Waals surface area contributed by atoms with Crippen LogP contribution in [0.3, 0.4) is 0 Å². The van der Waals surface area contributed by atoms with Crippen LogP contribution < -0.4 is 14.8 Å². The maximum atomic E-state index is 13.8. The molecule has 1 amide bonds. The number of carbonyl (C=O) groups is 1. The van der Waals surface area contributed by atoms with E-state index in [-0.39, 0.29) is 42.0 Å². The Labute approximate surface area is 196 Å². The third-order valence-electron chi connectivity index (χ3n) is 5.88. The summed E-state index contributed by atoms with van der Waals surface area (Å²) in [5.74, 6) is 0.553. The number of hydrogen-bond acceptors (Lipinski definition) is 6. The number of piperazine rings is 1. The van der Waals surface area contributed by atoms with E-state index in [0.29, 0.717) is 18.8 Å². The van der Waals surface area contributed by atoms with Gasteiger partial charge in [0.05, 0.1) is 14.2 Å². The van der Waals surface area contributed by atoms with Crippen molar-refractivity contribution in [3.8, 4) is 11.5 Å². The summed E-state index contributed by atoms with van der Waals surface area (Å²) in [4.78, 5) is 14.6. The first-order valence-corrected chi connectivity index (χ1v) is 12.6. The fourth-order valence-corrected chi connectivity index (χ4v) is 5.62. The molecule has 9 heteroatoms. The highest BCUT2D eigenvalue weighted by Crippen LogP contribution is 2.32. The van der Waals surface area contributed by atoms with Crippen LogP contribution in [-0.4, -0.2) is 77.0 Å². The molecule has 0 bridgehead atoms. The van der Waals surface area contributed by atoms with E-state index in [1.165, 1.54) is 24.6 Å². The Hall–Kier alpha value is -2.62. The largest absolute Gasteiger partial charge is 0.497 e. The molecule has 180 valence electrons. The molecule has 1 aliphatic heterocycles. The van der Waals surface area contributed by atoms with Gasteiger partial charge in [0.1, 0.15) is 16.4 Å². The van der Waals surface area contributed by atoms with E-state index in [2.05, 4.69) is 5.32 Å². The molecule has 1 heterocycles. The molecule has 1 unspecified atom stereocenters. The first-order chi connectivity index (χ1) is 15.9. The third-order valence-corrected chi connectivity index (χ3v) is 7.77. The van der Waals surface area contributed by atoms with Gasteiger partial charge in [-0.3, -0.25) is 4.79 Å². The molecule has 1 fully saturated rings. The number of sulfonamides is 1. The number of methoxy groups -OCH3 is 2. The zero-order valence-electron chi connectivity index (χ0n) is 19.5. The van der Waals surface area contributed by atoms with Crippen molar-refractivity contribution in [2.24, 2.45) is 0 Å². The summed E-state index contributed by atoms with van der Waals surface area (Å²) in [6.45, 7) is 5.08. The highest BCUT2D eigenvalue weighted by atomic mass is 32.2. The molecule has 0 aromatic heterocycles. The Morgan fingerprint density at radius 3 is 2.42 bits per heavy atom. The number of rotatable bonds is 10. The second kappa shape index (κ2) is 11.5. The summed E-state index contributed by atoms with van der Waals surface area (Å²) in [6, 6.07) is 14.5. The summed E-state index contributed by atoms with van der Waals surface area (Å²) >= 11 is 0. The quantitative estimate of drug-likeness (QED) is 0.568. The Morgan fingerprint density at radius 1 is 1.09 bits per heavy atom. The maximum Gasteiger partial charge on any atom is 0.246 e. The van der Waals surface area contributed by atoms with Gasteiger partial charge in [-0.1, -0.05) is 37.3 Å². The van der Waals surface area contributed by atoms with Gasteiger partial charge < -0.3 is 19.7 Å². The van der Waals surface area contributed by atoms with Crippen LogP contribution in [0.25, 0.3) is 0 Å². The summed E-state index contributed by atoms with van der Waals surface area (Å²) in [5, 5.41) is 3.22. The van der Waals surface area contributed by atoms with Crippen LogP contribution in [0.15, 0.2) is 53.4 Å². The van der Waals surface area contributed by atoms with Crippen LogP contribution in [-0.2, 0) is 14.8 Å². The molecule has 1 N–H and O–H groups in total. The third kappa shape index (κ3) is 6.25. The minimum absolute atomic E-state index is 0.0271. The van der Waals surface area contributed by atoms with Crippen molar-refractivity contribution in [2.75, 3.05) is 53.5 Å². The Balaban J connectivity index is 1.88. The second-order valence-corrected chi connectivity index (χ2v) is 9.98. The fraction of sp³-hybridized carbons (Fsp3) is 0.458. The van der Waals surface area contributed by atoms with Gasteiger partial charge in [-0.05, 0) is 23.6 Å². The standard InChI is InChI=1S/C24H33N3O5S/c1-19(20-7-5-4-6-8-20)18-27(14-11-24(28)26-15-12-25-13-16-26)33(29,30)23-17-21(31-2)9-10-22(23)32-3/h4-10,17,19,25H,11-16,18H2,1-3H3. The summed E-state index contributed by atoms with van der Waals surface area (Å²) in [5.41, 5.74) is 1.03. The van der Waals surface area contributed by atoms with Crippen LogP contribution in [0, 0.1) is 0 Å². The lowest BCUT2D eigenvalue weighted by molar-refractivity contribution is -0.131. The average molecular weight is 476 g/mol. The monoisotopic (exact) mass is 475 g/mol. The predicted octanol–water partition coefficient (Wildman–Crippen LogP) is 2.32. The van der Waals surface area contributed by atoms with Crippen molar-refractivity contribution >= 4 is 15.9 Å².